The normalized spacial score (nSPS) is 11.9. The fourth-order valence-corrected chi connectivity index (χ4v) is 3.06. The molecule has 0 aliphatic heterocycles. The van der Waals surface area contributed by atoms with E-state index in [2.05, 4.69) is 25.3 Å². The van der Waals surface area contributed by atoms with Crippen LogP contribution in [0.4, 0.5) is 13.2 Å². The number of aryl methyl sites for hydroxylation is 2. The monoisotopic (exact) mass is 470 g/mol. The molecule has 0 unspecified atom stereocenters. The maximum Gasteiger partial charge on any atom is 0.416 e. The Morgan fingerprint density at radius 1 is 1.03 bits per heavy atom. The Bertz CT molecular complexity index is 1190. The predicted molar refractivity (Wildman–Crippen MR) is 116 cm³/mol. The molecule has 8 nitrogen and oxygen atoms in total. The van der Waals surface area contributed by atoms with Crippen molar-refractivity contribution < 1.29 is 22.3 Å². The third-order valence-corrected chi connectivity index (χ3v) is 4.83. The number of nitrogens with zero attached hydrogens (tertiary/aromatic N) is 6. The Morgan fingerprint density at radius 2 is 1.82 bits per heavy atom. The number of oxazole rings is 1. The molecule has 0 N–H and O–H groups in total. The number of benzene rings is 1. The van der Waals surface area contributed by atoms with Crippen LogP contribution in [-0.2, 0) is 25.7 Å². The first-order chi connectivity index (χ1) is 16.5. The lowest BCUT2D eigenvalue weighted by Crippen LogP contribution is -2.03. The van der Waals surface area contributed by atoms with Crippen LogP contribution in [0.15, 0.2) is 59.7 Å². The molecule has 0 atom stereocenters. The Kier molecular flexibility index (Phi) is 7.31. The summed E-state index contributed by atoms with van der Waals surface area (Å²) < 4.78 is 50.6. The van der Waals surface area contributed by atoms with Crippen LogP contribution >= 0.6 is 0 Å². The highest BCUT2D eigenvalue weighted by atomic mass is 19.4. The van der Waals surface area contributed by atoms with Crippen LogP contribution in [0.3, 0.4) is 0 Å². The van der Waals surface area contributed by atoms with E-state index < -0.39 is 11.7 Å². The number of alkyl halides is 3. The molecular weight excluding hydrogens is 449 g/mol. The van der Waals surface area contributed by atoms with Gasteiger partial charge >= 0.3 is 12.2 Å². The van der Waals surface area contributed by atoms with Gasteiger partial charge in [0, 0.05) is 31.2 Å². The summed E-state index contributed by atoms with van der Waals surface area (Å²) in [5, 5.41) is 7.70. The zero-order chi connectivity index (χ0) is 23.8. The number of halogens is 3. The summed E-state index contributed by atoms with van der Waals surface area (Å²) in [6.45, 7) is 0.941. The van der Waals surface area contributed by atoms with Gasteiger partial charge in [-0.1, -0.05) is 17.3 Å². The lowest BCUT2D eigenvalue weighted by Gasteiger charge is -2.05. The van der Waals surface area contributed by atoms with Crippen LogP contribution < -0.4 is 4.74 Å². The summed E-state index contributed by atoms with van der Waals surface area (Å²) in [6.07, 6.45) is 10.0. The van der Waals surface area contributed by atoms with Crippen molar-refractivity contribution in [1.82, 2.24) is 29.9 Å². The fraction of sp³-hybridized carbons (Fsp3) is 0.261. The van der Waals surface area contributed by atoms with E-state index in [4.69, 9.17) is 9.15 Å². The van der Waals surface area contributed by atoms with Crippen LogP contribution in [0, 0.1) is 0 Å². The first kappa shape index (κ1) is 23.1. The van der Waals surface area contributed by atoms with Gasteiger partial charge in [0.05, 0.1) is 11.8 Å². The van der Waals surface area contributed by atoms with Crippen molar-refractivity contribution in [3.63, 3.8) is 0 Å². The van der Waals surface area contributed by atoms with Crippen LogP contribution in [-0.4, -0.2) is 29.9 Å². The molecule has 0 spiro atoms. The van der Waals surface area contributed by atoms with Gasteiger partial charge < -0.3 is 9.15 Å². The molecule has 0 saturated heterocycles. The fourth-order valence-electron chi connectivity index (χ4n) is 3.06. The predicted octanol–water partition coefficient (Wildman–Crippen LogP) is 4.85. The molecule has 0 bridgehead atoms. The summed E-state index contributed by atoms with van der Waals surface area (Å²) in [5.74, 6) is 0.306. The van der Waals surface area contributed by atoms with Gasteiger partial charge in [0.2, 0.25) is 5.89 Å². The third-order valence-electron chi connectivity index (χ3n) is 4.83. The van der Waals surface area contributed by atoms with Crippen molar-refractivity contribution in [2.75, 3.05) is 0 Å². The molecule has 0 saturated carbocycles. The average molecular weight is 470 g/mol. The lowest BCUT2D eigenvalue weighted by atomic mass is 10.1. The highest BCUT2D eigenvalue weighted by molar-refractivity contribution is 5.66. The van der Waals surface area contributed by atoms with Crippen LogP contribution in [0.25, 0.3) is 12.2 Å². The van der Waals surface area contributed by atoms with Gasteiger partial charge in [0.25, 0.3) is 0 Å². The number of aromatic nitrogens is 6. The molecule has 11 heteroatoms. The number of hydrogen-bond donors (Lipinski definition) is 0. The van der Waals surface area contributed by atoms with Crippen molar-refractivity contribution in [3.05, 3.63) is 83.6 Å². The molecule has 34 heavy (non-hydrogen) atoms. The smallest absolute Gasteiger partial charge is 0.416 e. The molecule has 0 radical (unpaired) electrons. The van der Waals surface area contributed by atoms with Gasteiger partial charge in [-0.15, -0.1) is 5.10 Å². The highest BCUT2D eigenvalue weighted by Gasteiger charge is 2.29. The van der Waals surface area contributed by atoms with Crippen LogP contribution in [0.5, 0.6) is 6.01 Å². The molecule has 4 rings (SSSR count). The topological polar surface area (TPSA) is 91.8 Å². The first-order valence-corrected chi connectivity index (χ1v) is 10.5. The third kappa shape index (κ3) is 6.74. The molecule has 0 aliphatic carbocycles. The van der Waals surface area contributed by atoms with Gasteiger partial charge in [0.1, 0.15) is 18.6 Å². The number of unbranched alkanes of at least 4 members (excludes halogenated alkanes) is 1. The second kappa shape index (κ2) is 10.7. The van der Waals surface area contributed by atoms with E-state index >= 15 is 0 Å². The molecule has 4 aromatic rings. The second-order valence-electron chi connectivity index (χ2n) is 7.42. The van der Waals surface area contributed by atoms with Gasteiger partial charge in [-0.05, 0) is 48.6 Å². The maximum absolute atomic E-state index is 12.6. The second-order valence-corrected chi connectivity index (χ2v) is 7.42. The first-order valence-electron chi connectivity index (χ1n) is 10.5. The molecule has 0 fully saturated rings. The minimum atomic E-state index is -4.36. The van der Waals surface area contributed by atoms with E-state index in [-0.39, 0.29) is 12.6 Å². The summed E-state index contributed by atoms with van der Waals surface area (Å²) in [6, 6.07) is 5.04. The molecule has 3 heterocycles. The van der Waals surface area contributed by atoms with E-state index in [1.54, 1.807) is 35.4 Å². The van der Waals surface area contributed by atoms with E-state index in [1.165, 1.54) is 18.4 Å². The quantitative estimate of drug-likeness (QED) is 0.306. The highest BCUT2D eigenvalue weighted by Crippen LogP contribution is 2.29. The summed E-state index contributed by atoms with van der Waals surface area (Å²) in [7, 11) is 0. The van der Waals surface area contributed by atoms with Crippen molar-refractivity contribution in [2.45, 2.75) is 38.6 Å². The van der Waals surface area contributed by atoms with Crippen molar-refractivity contribution in [3.8, 4) is 6.01 Å². The van der Waals surface area contributed by atoms with E-state index in [9.17, 15) is 13.2 Å². The Balaban J connectivity index is 1.21. The maximum atomic E-state index is 12.6. The molecular formula is C23H21F3N6O2. The Labute approximate surface area is 193 Å². The summed E-state index contributed by atoms with van der Waals surface area (Å²) in [4.78, 5) is 12.7. The molecule has 3 aromatic heterocycles. The summed E-state index contributed by atoms with van der Waals surface area (Å²) >= 11 is 0. The SMILES string of the molecule is FC(F)(F)c1ccc(C=Cc2nc(COc3ncc(CCCCn4ccnn4)cn3)co2)cc1. The van der Waals surface area contributed by atoms with Gasteiger partial charge in [-0.2, -0.15) is 13.2 Å². The number of rotatable bonds is 10. The Hall–Kier alpha value is -4.02. The average Bonchev–Trinajstić information content (AvgIpc) is 3.52. The van der Waals surface area contributed by atoms with Crippen molar-refractivity contribution in [2.24, 2.45) is 0 Å². The Morgan fingerprint density at radius 3 is 2.53 bits per heavy atom. The largest absolute Gasteiger partial charge is 0.457 e. The molecule has 176 valence electrons. The van der Waals surface area contributed by atoms with E-state index in [0.717, 1.165) is 43.5 Å². The van der Waals surface area contributed by atoms with Crippen LogP contribution in [0.1, 0.15) is 41.1 Å². The zero-order valence-corrected chi connectivity index (χ0v) is 18.0. The number of ether oxygens (including phenoxy) is 1. The minimum Gasteiger partial charge on any atom is -0.457 e. The van der Waals surface area contributed by atoms with Gasteiger partial charge in [0.15, 0.2) is 0 Å². The molecule has 0 aliphatic rings. The van der Waals surface area contributed by atoms with Crippen molar-refractivity contribution in [1.29, 1.82) is 0 Å². The zero-order valence-electron chi connectivity index (χ0n) is 18.0. The summed E-state index contributed by atoms with van der Waals surface area (Å²) in [5.41, 5.74) is 1.45. The van der Waals surface area contributed by atoms with E-state index in [1.807, 2.05) is 6.20 Å². The van der Waals surface area contributed by atoms with Gasteiger partial charge in [-0.3, -0.25) is 4.68 Å². The standard InChI is InChI=1S/C23H21F3N6O2/c24-23(25,26)19-7-4-17(5-8-19)6-9-21-30-20(15-33-21)16-34-22-27-13-18(14-28-22)3-1-2-11-32-12-10-29-31-32/h4-10,12-15H,1-3,11,16H2. The molecule has 1 aromatic carbocycles. The minimum absolute atomic E-state index is 0.120. The number of hydrogen-bond acceptors (Lipinski definition) is 7. The lowest BCUT2D eigenvalue weighted by molar-refractivity contribution is -0.137. The van der Waals surface area contributed by atoms with Crippen molar-refractivity contribution >= 4 is 12.2 Å². The molecule has 0 amide bonds. The van der Waals surface area contributed by atoms with Crippen LogP contribution in [0.2, 0.25) is 0 Å². The van der Waals surface area contributed by atoms with Gasteiger partial charge in [-0.25, -0.2) is 15.0 Å². The van der Waals surface area contributed by atoms with E-state index in [0.29, 0.717) is 17.1 Å².